The molecule has 3 nitrogen and oxygen atoms in total. The molecule has 1 aliphatic heterocycles. The van der Waals surface area contributed by atoms with Crippen molar-refractivity contribution in [3.63, 3.8) is 0 Å². The van der Waals surface area contributed by atoms with Gasteiger partial charge in [0.25, 0.3) is 0 Å². The molecule has 4 heteroatoms. The number of rotatable bonds is 3. The largest absolute Gasteiger partial charge is 0.303 e. The normalized spacial score (nSPS) is 29.2. The van der Waals surface area contributed by atoms with E-state index in [-0.39, 0.29) is 11.5 Å². The zero-order valence-corrected chi connectivity index (χ0v) is 9.06. The van der Waals surface area contributed by atoms with Gasteiger partial charge in [0.2, 0.25) is 0 Å². The lowest BCUT2D eigenvalue weighted by Gasteiger charge is -2.17. The van der Waals surface area contributed by atoms with Gasteiger partial charge in [-0.1, -0.05) is 0 Å². The van der Waals surface area contributed by atoms with Gasteiger partial charge in [0.15, 0.2) is 9.84 Å². The first-order valence-corrected chi connectivity index (χ1v) is 6.42. The van der Waals surface area contributed by atoms with E-state index in [0.29, 0.717) is 19.3 Å². The van der Waals surface area contributed by atoms with Crippen LogP contribution < -0.4 is 0 Å². The Balaban J connectivity index is 2.68. The van der Waals surface area contributed by atoms with Crippen molar-refractivity contribution in [3.8, 4) is 11.8 Å². The van der Waals surface area contributed by atoms with E-state index in [0.717, 1.165) is 6.29 Å². The molecule has 1 rings (SSSR count). The van der Waals surface area contributed by atoms with Gasteiger partial charge < -0.3 is 4.79 Å². The highest BCUT2D eigenvalue weighted by atomic mass is 32.2. The van der Waals surface area contributed by atoms with Gasteiger partial charge in [0.05, 0.1) is 11.5 Å². The first-order valence-electron chi connectivity index (χ1n) is 4.60. The molecule has 0 N–H and O–H groups in total. The number of carbonyl (C=O) groups is 1. The smallest absolute Gasteiger partial charge is 0.151 e. The Kier molecular flexibility index (Phi) is 3.33. The molecule has 1 heterocycles. The summed E-state index contributed by atoms with van der Waals surface area (Å²) in [5.74, 6) is 5.75. The van der Waals surface area contributed by atoms with E-state index in [1.54, 1.807) is 6.92 Å². The predicted octanol–water partition coefficient (Wildman–Crippen LogP) is 0.794. The average Bonchev–Trinajstić information content (AvgIpc) is 2.44. The molecular weight excluding hydrogens is 200 g/mol. The van der Waals surface area contributed by atoms with Gasteiger partial charge in [-0.2, -0.15) is 0 Å². The van der Waals surface area contributed by atoms with Crippen molar-refractivity contribution < 1.29 is 13.2 Å². The molecular formula is C10H14O3S. The molecule has 0 aromatic carbocycles. The summed E-state index contributed by atoms with van der Waals surface area (Å²) in [4.78, 5) is 10.9. The van der Waals surface area contributed by atoms with Gasteiger partial charge in [-0.3, -0.25) is 0 Å². The van der Waals surface area contributed by atoms with Crippen molar-refractivity contribution in [1.29, 1.82) is 0 Å². The van der Waals surface area contributed by atoms with Crippen LogP contribution in [0.5, 0.6) is 0 Å². The molecule has 1 aliphatic rings. The Morgan fingerprint density at radius 1 is 1.50 bits per heavy atom. The molecule has 0 aliphatic carbocycles. The van der Waals surface area contributed by atoms with Gasteiger partial charge in [-0.25, -0.2) is 8.42 Å². The fraction of sp³-hybridized carbons (Fsp3) is 0.700. The SMILES string of the molecule is CC#CCCC1(C=O)CCS(=O)(=O)C1. The van der Waals surface area contributed by atoms with Crippen molar-refractivity contribution in [2.24, 2.45) is 5.41 Å². The van der Waals surface area contributed by atoms with Crippen LogP contribution in [0, 0.1) is 17.3 Å². The second kappa shape index (κ2) is 4.14. The predicted molar refractivity (Wildman–Crippen MR) is 54.5 cm³/mol. The summed E-state index contributed by atoms with van der Waals surface area (Å²) in [5, 5.41) is 0. The minimum Gasteiger partial charge on any atom is -0.303 e. The lowest BCUT2D eigenvalue weighted by molar-refractivity contribution is -0.115. The second-order valence-corrected chi connectivity index (χ2v) is 5.93. The molecule has 0 bridgehead atoms. The second-order valence-electron chi connectivity index (χ2n) is 3.75. The monoisotopic (exact) mass is 214 g/mol. The standard InChI is InChI=1S/C10H14O3S/c1-2-3-4-5-10(8-11)6-7-14(12,13)9-10/h8H,4-7,9H2,1H3. The first-order chi connectivity index (χ1) is 6.54. The Hall–Kier alpha value is -0.820. The zero-order valence-electron chi connectivity index (χ0n) is 8.25. The number of hydrogen-bond donors (Lipinski definition) is 0. The van der Waals surface area contributed by atoms with E-state index in [1.807, 2.05) is 0 Å². The third-order valence-electron chi connectivity index (χ3n) is 2.59. The molecule has 0 spiro atoms. The molecule has 0 saturated carbocycles. The molecule has 1 saturated heterocycles. The van der Waals surface area contributed by atoms with Crippen LogP contribution in [0.25, 0.3) is 0 Å². The summed E-state index contributed by atoms with van der Waals surface area (Å²) in [7, 11) is -2.98. The van der Waals surface area contributed by atoms with Crippen LogP contribution in [0.1, 0.15) is 26.2 Å². The Bertz CT molecular complexity index is 372. The molecule has 78 valence electrons. The van der Waals surface area contributed by atoms with Crippen molar-refractivity contribution in [3.05, 3.63) is 0 Å². The van der Waals surface area contributed by atoms with Crippen LogP contribution >= 0.6 is 0 Å². The van der Waals surface area contributed by atoms with Crippen molar-refractivity contribution in [2.45, 2.75) is 26.2 Å². The van der Waals surface area contributed by atoms with Crippen LogP contribution in [0.2, 0.25) is 0 Å². The summed E-state index contributed by atoms with van der Waals surface area (Å²) in [6, 6.07) is 0. The van der Waals surface area contributed by atoms with E-state index < -0.39 is 15.3 Å². The van der Waals surface area contributed by atoms with Gasteiger partial charge in [-0.15, -0.1) is 11.8 Å². The lowest BCUT2D eigenvalue weighted by atomic mass is 9.84. The summed E-state index contributed by atoms with van der Waals surface area (Å²) in [6.45, 7) is 1.74. The molecule has 0 amide bonds. The van der Waals surface area contributed by atoms with Crippen LogP contribution in [0.3, 0.4) is 0 Å². The fourth-order valence-electron chi connectivity index (χ4n) is 1.73. The topological polar surface area (TPSA) is 51.2 Å². The Morgan fingerprint density at radius 3 is 2.64 bits per heavy atom. The van der Waals surface area contributed by atoms with Crippen molar-refractivity contribution in [1.82, 2.24) is 0 Å². The third-order valence-corrected chi connectivity index (χ3v) is 4.43. The van der Waals surface area contributed by atoms with Crippen molar-refractivity contribution >= 4 is 16.1 Å². The maximum absolute atomic E-state index is 11.2. The molecule has 0 aromatic rings. The van der Waals surface area contributed by atoms with Gasteiger partial charge in [-0.05, 0) is 19.8 Å². The van der Waals surface area contributed by atoms with Gasteiger partial charge >= 0.3 is 0 Å². The summed E-state index contributed by atoms with van der Waals surface area (Å²) in [6.07, 6.45) is 2.43. The molecule has 0 radical (unpaired) electrons. The number of carbonyl (C=O) groups excluding carboxylic acids is 1. The molecule has 14 heavy (non-hydrogen) atoms. The van der Waals surface area contributed by atoms with E-state index in [1.165, 1.54) is 0 Å². The molecule has 1 fully saturated rings. The Labute approximate surface area is 84.8 Å². The molecule has 1 atom stereocenters. The van der Waals surface area contributed by atoms with E-state index in [2.05, 4.69) is 11.8 Å². The summed E-state index contributed by atoms with van der Waals surface area (Å²) < 4.78 is 22.5. The van der Waals surface area contributed by atoms with Crippen molar-refractivity contribution in [2.75, 3.05) is 11.5 Å². The van der Waals surface area contributed by atoms with Crippen LogP contribution in [-0.2, 0) is 14.6 Å². The fourth-order valence-corrected chi connectivity index (χ4v) is 3.82. The molecule has 0 aromatic heterocycles. The van der Waals surface area contributed by atoms with Crippen LogP contribution in [-0.4, -0.2) is 26.2 Å². The van der Waals surface area contributed by atoms with Gasteiger partial charge in [0, 0.05) is 11.8 Å². The number of aldehydes is 1. The minimum atomic E-state index is -2.98. The van der Waals surface area contributed by atoms with Gasteiger partial charge in [0.1, 0.15) is 6.29 Å². The maximum atomic E-state index is 11.2. The Morgan fingerprint density at radius 2 is 2.21 bits per heavy atom. The minimum absolute atomic E-state index is 0.00882. The maximum Gasteiger partial charge on any atom is 0.151 e. The average molecular weight is 214 g/mol. The van der Waals surface area contributed by atoms with E-state index >= 15 is 0 Å². The summed E-state index contributed by atoms with van der Waals surface area (Å²) in [5.41, 5.74) is -0.650. The number of hydrogen-bond acceptors (Lipinski definition) is 3. The highest BCUT2D eigenvalue weighted by Crippen LogP contribution is 2.34. The third kappa shape index (κ3) is 2.58. The number of sulfone groups is 1. The van der Waals surface area contributed by atoms with Crippen LogP contribution in [0.15, 0.2) is 0 Å². The highest BCUT2D eigenvalue weighted by Gasteiger charge is 2.41. The zero-order chi connectivity index (χ0) is 10.7. The van der Waals surface area contributed by atoms with Crippen LogP contribution in [0.4, 0.5) is 0 Å². The summed E-state index contributed by atoms with van der Waals surface area (Å²) >= 11 is 0. The van der Waals surface area contributed by atoms with E-state index in [4.69, 9.17) is 0 Å². The highest BCUT2D eigenvalue weighted by molar-refractivity contribution is 7.91. The lowest BCUT2D eigenvalue weighted by Crippen LogP contribution is -2.23. The quantitative estimate of drug-likeness (QED) is 0.515. The van der Waals surface area contributed by atoms with E-state index in [9.17, 15) is 13.2 Å². The molecule has 1 unspecified atom stereocenters. The first kappa shape index (κ1) is 11.3.